The van der Waals surface area contributed by atoms with Gasteiger partial charge in [0.15, 0.2) is 0 Å². The molecule has 0 N–H and O–H groups in total. The van der Waals surface area contributed by atoms with E-state index in [1.54, 1.807) is 19.1 Å². The molecule has 0 aliphatic carbocycles. The summed E-state index contributed by atoms with van der Waals surface area (Å²) in [5.41, 5.74) is 0.915. The zero-order valence-electron chi connectivity index (χ0n) is 12.9. The molecular weight excluding hydrogens is 291 g/mol. The first-order valence-corrected chi connectivity index (χ1v) is 7.44. The van der Waals surface area contributed by atoms with Crippen LogP contribution in [0.15, 0.2) is 42.5 Å². The third-order valence-corrected chi connectivity index (χ3v) is 3.39. The molecule has 1 aromatic carbocycles. The number of benzene rings is 1. The topological polar surface area (TPSA) is 20.3 Å². The minimum absolute atomic E-state index is 0.0529. The van der Waals surface area contributed by atoms with Gasteiger partial charge in [0.1, 0.15) is 0 Å². The van der Waals surface area contributed by atoms with Crippen LogP contribution in [0.1, 0.15) is 32.3 Å². The van der Waals surface area contributed by atoms with Gasteiger partial charge in [-0.05, 0) is 25.3 Å². The molecule has 0 bridgehead atoms. The normalized spacial score (nSPS) is 13.3. The van der Waals surface area contributed by atoms with Crippen LogP contribution < -0.4 is 0 Å². The van der Waals surface area contributed by atoms with Crippen molar-refractivity contribution >= 4 is 5.91 Å². The monoisotopic (exact) mass is 313 g/mol. The van der Waals surface area contributed by atoms with E-state index in [1.165, 1.54) is 0 Å². The predicted octanol–water partition coefficient (Wildman–Crippen LogP) is 4.36. The Kier molecular flexibility index (Phi) is 7.15. The van der Waals surface area contributed by atoms with Crippen molar-refractivity contribution in [1.82, 2.24) is 4.90 Å². The Bertz CT molecular complexity index is 482. The van der Waals surface area contributed by atoms with Crippen molar-refractivity contribution < 1.29 is 18.0 Å². The molecule has 1 atom stereocenters. The van der Waals surface area contributed by atoms with Gasteiger partial charge in [0.2, 0.25) is 0 Å². The summed E-state index contributed by atoms with van der Waals surface area (Å²) in [5, 5.41) is 0. The van der Waals surface area contributed by atoms with E-state index in [2.05, 4.69) is 0 Å². The molecule has 5 heteroatoms. The lowest BCUT2D eigenvalue weighted by atomic mass is 10.1. The third-order valence-electron chi connectivity index (χ3n) is 3.39. The second-order valence-electron chi connectivity index (χ2n) is 5.11. The number of rotatable bonds is 7. The van der Waals surface area contributed by atoms with Crippen molar-refractivity contribution in [3.8, 4) is 0 Å². The number of hydrogen-bond donors (Lipinski definition) is 0. The van der Waals surface area contributed by atoms with Crippen molar-refractivity contribution in [1.29, 1.82) is 0 Å². The molecule has 0 unspecified atom stereocenters. The summed E-state index contributed by atoms with van der Waals surface area (Å²) < 4.78 is 38.6. The van der Waals surface area contributed by atoms with Crippen molar-refractivity contribution in [3.63, 3.8) is 0 Å². The van der Waals surface area contributed by atoms with Crippen molar-refractivity contribution in [2.24, 2.45) is 0 Å². The first-order chi connectivity index (χ1) is 10.4. The summed E-state index contributed by atoms with van der Waals surface area (Å²) in [6, 6.07) is 8.69. The van der Waals surface area contributed by atoms with Gasteiger partial charge in [0, 0.05) is 6.54 Å². The number of carbonyl (C=O) groups is 1. The van der Waals surface area contributed by atoms with E-state index in [1.807, 2.05) is 37.3 Å². The fraction of sp³-hybridized carbons (Fsp3) is 0.471. The molecule has 0 aliphatic heterocycles. The maximum absolute atomic E-state index is 12.9. The lowest BCUT2D eigenvalue weighted by molar-refractivity contribution is -0.187. The standard InChI is InChI=1S/C17H22F3NO/c1-3-8-15(9-4-2)21(16(22)17(18,19)20)13-12-14-10-6-5-7-11-14/h3,5-8,10-11,15H,4,9,12-13H2,1-2H3/b8-3+/t15-/m1/s1. The molecule has 0 saturated heterocycles. The van der Waals surface area contributed by atoms with Gasteiger partial charge in [-0.25, -0.2) is 0 Å². The Morgan fingerprint density at radius 3 is 2.41 bits per heavy atom. The molecule has 0 fully saturated rings. The number of hydrogen-bond acceptors (Lipinski definition) is 1. The van der Waals surface area contributed by atoms with E-state index in [0.717, 1.165) is 10.5 Å². The van der Waals surface area contributed by atoms with E-state index in [0.29, 0.717) is 19.3 Å². The van der Waals surface area contributed by atoms with Gasteiger partial charge < -0.3 is 4.90 Å². The molecule has 1 rings (SSSR count). The van der Waals surface area contributed by atoms with Gasteiger partial charge >= 0.3 is 12.1 Å². The van der Waals surface area contributed by atoms with Crippen molar-refractivity contribution in [2.45, 2.75) is 45.3 Å². The van der Waals surface area contributed by atoms with Crippen LogP contribution in [0.4, 0.5) is 13.2 Å². The van der Waals surface area contributed by atoms with Gasteiger partial charge in [0.05, 0.1) is 6.04 Å². The average Bonchev–Trinajstić information content (AvgIpc) is 2.47. The Labute approximate surface area is 129 Å². The van der Waals surface area contributed by atoms with Crippen LogP contribution in [0, 0.1) is 0 Å². The van der Waals surface area contributed by atoms with Crippen LogP contribution in [0.2, 0.25) is 0 Å². The number of alkyl halides is 3. The van der Waals surface area contributed by atoms with Gasteiger partial charge in [-0.15, -0.1) is 0 Å². The molecule has 22 heavy (non-hydrogen) atoms. The van der Waals surface area contributed by atoms with Crippen LogP contribution in [-0.4, -0.2) is 29.6 Å². The van der Waals surface area contributed by atoms with Gasteiger partial charge in [-0.1, -0.05) is 55.8 Å². The van der Waals surface area contributed by atoms with Crippen molar-refractivity contribution in [3.05, 3.63) is 48.0 Å². The molecule has 1 aromatic rings. The molecule has 0 spiro atoms. The highest BCUT2D eigenvalue weighted by atomic mass is 19.4. The molecule has 122 valence electrons. The van der Waals surface area contributed by atoms with E-state index in [4.69, 9.17) is 0 Å². The van der Waals surface area contributed by atoms with Crippen LogP contribution in [0.3, 0.4) is 0 Å². The SMILES string of the molecule is C/C=C/[C@H](CCC)N(CCc1ccccc1)C(=O)C(F)(F)F. The smallest absolute Gasteiger partial charge is 0.328 e. The maximum Gasteiger partial charge on any atom is 0.471 e. The quantitative estimate of drug-likeness (QED) is 0.685. The first-order valence-electron chi connectivity index (χ1n) is 7.44. The second-order valence-corrected chi connectivity index (χ2v) is 5.11. The minimum atomic E-state index is -4.84. The number of halogens is 3. The zero-order valence-corrected chi connectivity index (χ0v) is 12.9. The van der Waals surface area contributed by atoms with E-state index >= 15 is 0 Å². The average molecular weight is 313 g/mol. The summed E-state index contributed by atoms with van der Waals surface area (Å²) in [6.07, 6.45) is 0.144. The van der Waals surface area contributed by atoms with Gasteiger partial charge in [-0.2, -0.15) is 13.2 Å². The second kappa shape index (κ2) is 8.61. The Balaban J connectivity index is 2.92. The molecular formula is C17H22F3NO. The first kappa shape index (κ1) is 18.3. The van der Waals surface area contributed by atoms with Gasteiger partial charge in [0.25, 0.3) is 0 Å². The summed E-state index contributed by atoms with van der Waals surface area (Å²) in [7, 11) is 0. The number of nitrogens with zero attached hydrogens (tertiary/aromatic N) is 1. The van der Waals surface area contributed by atoms with Crippen LogP contribution in [-0.2, 0) is 11.2 Å². The van der Waals surface area contributed by atoms with Crippen molar-refractivity contribution in [2.75, 3.05) is 6.54 Å². The predicted molar refractivity (Wildman–Crippen MR) is 81.4 cm³/mol. The minimum Gasteiger partial charge on any atom is -0.328 e. The fourth-order valence-electron chi connectivity index (χ4n) is 2.35. The summed E-state index contributed by atoms with van der Waals surface area (Å²) in [5.74, 6) is -1.76. The lowest BCUT2D eigenvalue weighted by Crippen LogP contribution is -2.47. The summed E-state index contributed by atoms with van der Waals surface area (Å²) in [4.78, 5) is 12.7. The molecule has 2 nitrogen and oxygen atoms in total. The zero-order chi connectivity index (χ0) is 16.6. The van der Waals surface area contributed by atoms with Crippen LogP contribution >= 0.6 is 0 Å². The highest BCUT2D eigenvalue weighted by molar-refractivity contribution is 5.82. The molecule has 0 radical (unpaired) electrons. The number of carbonyl (C=O) groups excluding carboxylic acids is 1. The molecule has 0 aromatic heterocycles. The fourth-order valence-corrected chi connectivity index (χ4v) is 2.35. The molecule has 0 aliphatic rings. The van der Waals surface area contributed by atoms with Crippen LogP contribution in [0.25, 0.3) is 0 Å². The number of allylic oxidation sites excluding steroid dienone is 1. The lowest BCUT2D eigenvalue weighted by Gasteiger charge is -2.30. The number of amides is 1. The highest BCUT2D eigenvalue weighted by Crippen LogP contribution is 2.22. The Morgan fingerprint density at radius 2 is 1.91 bits per heavy atom. The van der Waals surface area contributed by atoms with E-state index in [9.17, 15) is 18.0 Å². The summed E-state index contributed by atoms with van der Waals surface area (Å²) in [6.45, 7) is 3.69. The van der Waals surface area contributed by atoms with E-state index in [-0.39, 0.29) is 6.54 Å². The largest absolute Gasteiger partial charge is 0.471 e. The maximum atomic E-state index is 12.9. The third kappa shape index (κ3) is 5.54. The van der Waals surface area contributed by atoms with Crippen LogP contribution in [0.5, 0.6) is 0 Å². The van der Waals surface area contributed by atoms with Gasteiger partial charge in [-0.3, -0.25) is 4.79 Å². The molecule has 0 heterocycles. The highest BCUT2D eigenvalue weighted by Gasteiger charge is 2.43. The Hall–Kier alpha value is -1.78. The Morgan fingerprint density at radius 1 is 1.27 bits per heavy atom. The molecule has 1 amide bonds. The summed E-state index contributed by atoms with van der Waals surface area (Å²) >= 11 is 0. The molecule has 0 saturated carbocycles. The van der Waals surface area contributed by atoms with E-state index < -0.39 is 18.1 Å².